The highest BCUT2D eigenvalue weighted by Gasteiger charge is 2.45. The van der Waals surface area contributed by atoms with Crippen LogP contribution in [0, 0.1) is 17.3 Å². The average molecular weight is 266 g/mol. The zero-order valence-electron chi connectivity index (χ0n) is 11.2. The normalized spacial score (nSPS) is 24.7. The van der Waals surface area contributed by atoms with E-state index in [9.17, 15) is 14.7 Å². The molecular formula is C14H22N2O3. The highest BCUT2D eigenvalue weighted by molar-refractivity contribution is 5.79. The van der Waals surface area contributed by atoms with Crippen molar-refractivity contribution in [1.29, 1.82) is 0 Å². The van der Waals surface area contributed by atoms with Crippen LogP contribution in [0.5, 0.6) is 0 Å². The molecule has 0 radical (unpaired) electrons. The molecule has 0 aromatic carbocycles. The lowest BCUT2D eigenvalue weighted by Crippen LogP contribution is -2.51. The number of nitrogens with one attached hydrogen (secondary N) is 2. The fourth-order valence-corrected chi connectivity index (χ4v) is 3.05. The van der Waals surface area contributed by atoms with E-state index in [2.05, 4.69) is 10.6 Å². The van der Waals surface area contributed by atoms with Crippen LogP contribution >= 0.6 is 0 Å². The maximum atomic E-state index is 11.9. The van der Waals surface area contributed by atoms with Gasteiger partial charge in [-0.25, -0.2) is 4.79 Å². The van der Waals surface area contributed by atoms with Gasteiger partial charge in [0.05, 0.1) is 5.41 Å². The Morgan fingerprint density at radius 3 is 2.11 bits per heavy atom. The topological polar surface area (TPSA) is 78.4 Å². The lowest BCUT2D eigenvalue weighted by atomic mass is 9.69. The van der Waals surface area contributed by atoms with Gasteiger partial charge in [0.25, 0.3) is 0 Å². The fraction of sp³-hybridized carbons (Fsp3) is 0.857. The first-order chi connectivity index (χ1) is 9.11. The summed E-state index contributed by atoms with van der Waals surface area (Å²) in [4.78, 5) is 23.1. The van der Waals surface area contributed by atoms with Crippen molar-refractivity contribution in [2.75, 3.05) is 6.54 Å². The molecular weight excluding hydrogens is 244 g/mol. The molecule has 3 fully saturated rings. The SMILES string of the molecule is O=C(NCC1(C(=O)O)CCC1)NC(C1CC1)C1CC1. The number of urea groups is 1. The van der Waals surface area contributed by atoms with Crippen LogP contribution < -0.4 is 10.6 Å². The Bertz CT molecular complexity index is 372. The van der Waals surface area contributed by atoms with Gasteiger partial charge in [-0.3, -0.25) is 4.79 Å². The summed E-state index contributed by atoms with van der Waals surface area (Å²) in [5.74, 6) is 0.547. The largest absolute Gasteiger partial charge is 0.481 e. The molecule has 3 aliphatic rings. The van der Waals surface area contributed by atoms with Gasteiger partial charge in [-0.2, -0.15) is 0 Å². The van der Waals surface area contributed by atoms with Crippen molar-refractivity contribution in [3.63, 3.8) is 0 Å². The summed E-state index contributed by atoms with van der Waals surface area (Å²) in [7, 11) is 0. The third-order valence-electron chi connectivity index (χ3n) is 4.91. The van der Waals surface area contributed by atoms with Gasteiger partial charge >= 0.3 is 12.0 Å². The Morgan fingerprint density at radius 2 is 1.74 bits per heavy atom. The zero-order chi connectivity index (χ0) is 13.5. The van der Waals surface area contributed by atoms with Crippen molar-refractivity contribution in [1.82, 2.24) is 10.6 Å². The minimum Gasteiger partial charge on any atom is -0.481 e. The number of carbonyl (C=O) groups is 2. The fourth-order valence-electron chi connectivity index (χ4n) is 3.05. The summed E-state index contributed by atoms with van der Waals surface area (Å²) in [5.41, 5.74) is -0.702. The summed E-state index contributed by atoms with van der Waals surface area (Å²) in [6.07, 6.45) is 7.19. The summed E-state index contributed by atoms with van der Waals surface area (Å²) in [6, 6.07) is 0.137. The van der Waals surface area contributed by atoms with E-state index in [1.165, 1.54) is 25.7 Å². The molecule has 3 rings (SSSR count). The Balaban J connectivity index is 1.46. The van der Waals surface area contributed by atoms with E-state index in [-0.39, 0.29) is 12.6 Å². The van der Waals surface area contributed by atoms with E-state index in [1.54, 1.807) is 0 Å². The molecule has 2 amide bonds. The summed E-state index contributed by atoms with van der Waals surface area (Å²) >= 11 is 0. The smallest absolute Gasteiger partial charge is 0.315 e. The first-order valence-electron chi connectivity index (χ1n) is 7.38. The molecule has 0 aromatic rings. The Kier molecular flexibility index (Phi) is 3.15. The Labute approximate surface area is 113 Å². The molecule has 0 saturated heterocycles. The van der Waals surface area contributed by atoms with Crippen molar-refractivity contribution in [3.8, 4) is 0 Å². The zero-order valence-corrected chi connectivity index (χ0v) is 11.2. The number of carboxylic acids is 1. The molecule has 0 spiro atoms. The average Bonchev–Trinajstić information content (AvgIpc) is 3.15. The first-order valence-corrected chi connectivity index (χ1v) is 7.38. The predicted octanol–water partition coefficient (Wildman–Crippen LogP) is 1.73. The second kappa shape index (κ2) is 4.69. The number of amides is 2. The molecule has 0 aliphatic heterocycles. The summed E-state index contributed by atoms with van der Waals surface area (Å²) in [6.45, 7) is 0.260. The second-order valence-electron chi connectivity index (χ2n) is 6.47. The number of aliphatic carboxylic acids is 1. The third-order valence-corrected chi connectivity index (χ3v) is 4.91. The summed E-state index contributed by atoms with van der Waals surface area (Å²) in [5, 5.41) is 15.0. The van der Waals surface area contributed by atoms with Crippen molar-refractivity contribution >= 4 is 12.0 Å². The molecule has 3 N–H and O–H groups in total. The van der Waals surface area contributed by atoms with Gasteiger partial charge in [-0.15, -0.1) is 0 Å². The standard InChI is InChI=1S/C14H22N2O3/c17-12(18)14(6-1-7-14)8-15-13(19)16-11(9-2-3-9)10-4-5-10/h9-11H,1-8H2,(H,17,18)(H2,15,16,19). The molecule has 0 heterocycles. The van der Waals surface area contributed by atoms with Gasteiger partial charge in [-0.1, -0.05) is 6.42 Å². The number of carboxylic acid groups (broad SMARTS) is 1. The van der Waals surface area contributed by atoms with E-state index >= 15 is 0 Å². The monoisotopic (exact) mass is 266 g/mol. The molecule has 0 atom stereocenters. The molecule has 19 heavy (non-hydrogen) atoms. The van der Waals surface area contributed by atoms with Crippen molar-refractivity contribution in [2.24, 2.45) is 17.3 Å². The minimum absolute atomic E-state index is 0.184. The van der Waals surface area contributed by atoms with E-state index in [1.807, 2.05) is 0 Å². The van der Waals surface area contributed by atoms with Crippen molar-refractivity contribution in [3.05, 3.63) is 0 Å². The lowest BCUT2D eigenvalue weighted by molar-refractivity contribution is -0.153. The van der Waals surface area contributed by atoms with Gasteiger partial charge in [0.2, 0.25) is 0 Å². The number of hydrogen-bond donors (Lipinski definition) is 3. The number of hydrogen-bond acceptors (Lipinski definition) is 2. The lowest BCUT2D eigenvalue weighted by Gasteiger charge is -2.37. The van der Waals surface area contributed by atoms with Gasteiger partial charge in [-0.05, 0) is 50.4 Å². The van der Waals surface area contributed by atoms with Crippen LogP contribution in [0.3, 0.4) is 0 Å². The summed E-state index contributed by atoms with van der Waals surface area (Å²) < 4.78 is 0. The van der Waals surface area contributed by atoms with Crippen LogP contribution in [0.1, 0.15) is 44.9 Å². The maximum absolute atomic E-state index is 11.9. The molecule has 0 bridgehead atoms. The molecule has 5 heteroatoms. The van der Waals surface area contributed by atoms with Gasteiger partial charge < -0.3 is 15.7 Å². The molecule has 3 aliphatic carbocycles. The molecule has 0 unspecified atom stereocenters. The highest BCUT2D eigenvalue weighted by Crippen LogP contribution is 2.44. The number of rotatable bonds is 6. The van der Waals surface area contributed by atoms with E-state index in [0.29, 0.717) is 30.7 Å². The van der Waals surface area contributed by atoms with E-state index in [4.69, 9.17) is 0 Å². The third kappa shape index (κ3) is 2.69. The van der Waals surface area contributed by atoms with Crippen LogP contribution in [0.2, 0.25) is 0 Å². The van der Waals surface area contributed by atoms with E-state index in [0.717, 1.165) is 6.42 Å². The van der Waals surface area contributed by atoms with Gasteiger partial charge in [0.15, 0.2) is 0 Å². The highest BCUT2D eigenvalue weighted by atomic mass is 16.4. The molecule has 106 valence electrons. The predicted molar refractivity (Wildman–Crippen MR) is 69.7 cm³/mol. The maximum Gasteiger partial charge on any atom is 0.315 e. The second-order valence-corrected chi connectivity index (χ2v) is 6.47. The minimum atomic E-state index is -0.778. The van der Waals surface area contributed by atoms with Crippen LogP contribution in [-0.2, 0) is 4.79 Å². The van der Waals surface area contributed by atoms with Crippen molar-refractivity contribution in [2.45, 2.75) is 51.0 Å². The van der Waals surface area contributed by atoms with Gasteiger partial charge in [0, 0.05) is 12.6 Å². The number of carbonyl (C=O) groups excluding carboxylic acids is 1. The van der Waals surface area contributed by atoms with Crippen LogP contribution in [0.4, 0.5) is 4.79 Å². The van der Waals surface area contributed by atoms with Crippen molar-refractivity contribution < 1.29 is 14.7 Å². The molecule has 3 saturated carbocycles. The molecule has 0 aromatic heterocycles. The van der Waals surface area contributed by atoms with Crippen LogP contribution in [0.25, 0.3) is 0 Å². The molecule has 5 nitrogen and oxygen atoms in total. The Morgan fingerprint density at radius 1 is 1.16 bits per heavy atom. The Hall–Kier alpha value is -1.26. The van der Waals surface area contributed by atoms with E-state index < -0.39 is 11.4 Å². The van der Waals surface area contributed by atoms with Crippen LogP contribution in [0.15, 0.2) is 0 Å². The first kappa shape index (κ1) is 12.8. The van der Waals surface area contributed by atoms with Gasteiger partial charge in [0.1, 0.15) is 0 Å². The van der Waals surface area contributed by atoms with Crippen LogP contribution in [-0.4, -0.2) is 29.7 Å². The quantitative estimate of drug-likeness (QED) is 0.685.